The molecule has 0 saturated carbocycles. The maximum absolute atomic E-state index is 13.7. The average Bonchev–Trinajstić information content (AvgIpc) is 3.01. The minimum Gasteiger partial charge on any atom is -0.492 e. The monoisotopic (exact) mass is 601 g/mol. The number of hydrogen-bond acceptors (Lipinski definition) is 8. The van der Waals surface area contributed by atoms with Gasteiger partial charge in [0.25, 0.3) is 0 Å². The minimum absolute atomic E-state index is 0.0640. The van der Waals surface area contributed by atoms with Gasteiger partial charge in [0.05, 0.1) is 6.04 Å². The highest BCUT2D eigenvalue weighted by molar-refractivity contribution is 5.93. The Kier molecular flexibility index (Phi) is 12.1. The standard InChI is InChI=1S/C33H43N7O4/c1-22(2)29-32(43)39-27(21-38-33-36-15-8-16-37-33)30(41)35-14-7-12-25-11-4-5-13-28(25)44-18-17-34-26(31(42)40-29)20-24-10-6-9-23(3)19-24/h4-6,8-11,13,15-16,19,22,26-27,29,34H,7,12,14,17-18,20-21H2,1-3H3,(H,35,41)(H,39,43)(H,40,42)(H,36,37,38)/t26-,27+,29-/m1/s1. The van der Waals surface area contributed by atoms with Crippen LogP contribution in [0, 0.1) is 12.8 Å². The van der Waals surface area contributed by atoms with Gasteiger partial charge in [-0.25, -0.2) is 9.97 Å². The van der Waals surface area contributed by atoms with Gasteiger partial charge in [0.2, 0.25) is 23.7 Å². The second kappa shape index (κ2) is 16.4. The molecule has 1 aliphatic heterocycles. The lowest BCUT2D eigenvalue weighted by molar-refractivity contribution is -0.133. The smallest absolute Gasteiger partial charge is 0.244 e. The van der Waals surface area contributed by atoms with Crippen LogP contribution < -0.4 is 31.3 Å². The molecule has 0 unspecified atom stereocenters. The number of anilines is 1. The van der Waals surface area contributed by atoms with Crippen molar-refractivity contribution in [1.29, 1.82) is 0 Å². The SMILES string of the molecule is Cc1cccc(C[C@H]2NCCOc3ccccc3CCCNC(=O)[C@H](CNc3ncccn3)NC(=O)[C@@H](C(C)C)NC2=O)c1. The van der Waals surface area contributed by atoms with Gasteiger partial charge in [0.1, 0.15) is 24.4 Å². The van der Waals surface area contributed by atoms with Gasteiger partial charge in [-0.05, 0) is 55.4 Å². The summed E-state index contributed by atoms with van der Waals surface area (Å²) in [6, 6.07) is 15.1. The molecule has 3 amide bonds. The summed E-state index contributed by atoms with van der Waals surface area (Å²) in [4.78, 5) is 48.9. The molecule has 3 atom stereocenters. The largest absolute Gasteiger partial charge is 0.492 e. The molecule has 1 aliphatic rings. The summed E-state index contributed by atoms with van der Waals surface area (Å²) in [7, 11) is 0. The highest BCUT2D eigenvalue weighted by atomic mass is 16.5. The number of carbonyl (C=O) groups excluding carboxylic acids is 3. The number of amides is 3. The van der Waals surface area contributed by atoms with Crippen LogP contribution in [0.4, 0.5) is 5.95 Å². The second-order valence-electron chi connectivity index (χ2n) is 11.3. The van der Waals surface area contributed by atoms with Gasteiger partial charge >= 0.3 is 0 Å². The molecule has 5 N–H and O–H groups in total. The van der Waals surface area contributed by atoms with Crippen molar-refractivity contribution in [3.63, 3.8) is 0 Å². The lowest BCUT2D eigenvalue weighted by Gasteiger charge is -2.28. The molecule has 0 fully saturated rings. The second-order valence-corrected chi connectivity index (χ2v) is 11.3. The van der Waals surface area contributed by atoms with Crippen LogP contribution in [0.2, 0.25) is 0 Å². The van der Waals surface area contributed by atoms with E-state index in [1.807, 2.05) is 69.3 Å². The molecule has 3 aromatic rings. The summed E-state index contributed by atoms with van der Waals surface area (Å²) < 4.78 is 6.11. The van der Waals surface area contributed by atoms with Gasteiger partial charge in [-0.2, -0.15) is 0 Å². The number of rotatable bonds is 6. The van der Waals surface area contributed by atoms with E-state index >= 15 is 0 Å². The van der Waals surface area contributed by atoms with Gasteiger partial charge in [-0.15, -0.1) is 0 Å². The van der Waals surface area contributed by atoms with Gasteiger partial charge in [-0.3, -0.25) is 14.4 Å². The maximum atomic E-state index is 13.7. The molecule has 234 valence electrons. The lowest BCUT2D eigenvalue weighted by atomic mass is 10.00. The maximum Gasteiger partial charge on any atom is 0.244 e. The Morgan fingerprint density at radius 1 is 0.909 bits per heavy atom. The van der Waals surface area contributed by atoms with Crippen LogP contribution in [0.1, 0.15) is 37.0 Å². The molecule has 1 aromatic heterocycles. The molecule has 44 heavy (non-hydrogen) atoms. The van der Waals surface area contributed by atoms with Crippen LogP contribution in [0.25, 0.3) is 0 Å². The van der Waals surface area contributed by atoms with Crippen molar-refractivity contribution in [2.75, 3.05) is 31.6 Å². The zero-order valence-corrected chi connectivity index (χ0v) is 25.6. The van der Waals surface area contributed by atoms with E-state index in [2.05, 4.69) is 36.6 Å². The topological polar surface area (TPSA) is 146 Å². The lowest BCUT2D eigenvalue weighted by Crippen LogP contribution is -2.59. The van der Waals surface area contributed by atoms with Crippen molar-refractivity contribution >= 4 is 23.7 Å². The predicted molar refractivity (Wildman–Crippen MR) is 169 cm³/mol. The Labute approximate surface area is 259 Å². The average molecular weight is 602 g/mol. The van der Waals surface area contributed by atoms with Crippen molar-refractivity contribution in [3.05, 3.63) is 83.7 Å². The molecule has 0 bridgehead atoms. The van der Waals surface area contributed by atoms with E-state index in [1.54, 1.807) is 18.5 Å². The van der Waals surface area contributed by atoms with Gasteiger partial charge < -0.3 is 31.3 Å². The molecule has 2 heterocycles. The molecule has 0 saturated heterocycles. The summed E-state index contributed by atoms with van der Waals surface area (Å²) in [5, 5.41) is 15.1. The van der Waals surface area contributed by atoms with Crippen molar-refractivity contribution < 1.29 is 19.1 Å². The van der Waals surface area contributed by atoms with Crippen molar-refractivity contribution in [2.24, 2.45) is 5.92 Å². The van der Waals surface area contributed by atoms with Crippen LogP contribution in [0.3, 0.4) is 0 Å². The van der Waals surface area contributed by atoms with Gasteiger partial charge in [-0.1, -0.05) is 61.9 Å². The van der Waals surface area contributed by atoms with E-state index in [9.17, 15) is 14.4 Å². The van der Waals surface area contributed by atoms with Gasteiger partial charge in [0, 0.05) is 32.0 Å². The Morgan fingerprint density at radius 2 is 1.70 bits per heavy atom. The Morgan fingerprint density at radius 3 is 2.48 bits per heavy atom. The molecule has 0 spiro atoms. The zero-order chi connectivity index (χ0) is 31.3. The van der Waals surface area contributed by atoms with Crippen molar-refractivity contribution in [3.8, 4) is 5.75 Å². The molecule has 0 aliphatic carbocycles. The van der Waals surface area contributed by atoms with Crippen LogP contribution in [-0.2, 0) is 27.2 Å². The predicted octanol–water partition coefficient (Wildman–Crippen LogP) is 2.16. The number of ether oxygens (including phenoxy) is 1. The first kappa shape index (κ1) is 32.4. The molecule has 2 aromatic carbocycles. The Balaban J connectivity index is 1.57. The number of nitrogens with one attached hydrogen (secondary N) is 5. The third kappa shape index (κ3) is 9.77. The highest BCUT2D eigenvalue weighted by Crippen LogP contribution is 2.19. The van der Waals surface area contributed by atoms with E-state index in [4.69, 9.17) is 4.74 Å². The van der Waals surface area contributed by atoms with Crippen molar-refractivity contribution in [2.45, 2.75) is 58.2 Å². The number of hydrogen-bond donors (Lipinski definition) is 5. The Hall–Kier alpha value is -4.51. The Bertz CT molecular complexity index is 1390. The molecule has 4 rings (SSSR count). The fraction of sp³-hybridized carbons (Fsp3) is 0.424. The molecule has 0 radical (unpaired) electrons. The summed E-state index contributed by atoms with van der Waals surface area (Å²) >= 11 is 0. The summed E-state index contributed by atoms with van der Waals surface area (Å²) in [5.41, 5.74) is 3.13. The van der Waals surface area contributed by atoms with Crippen molar-refractivity contribution in [1.82, 2.24) is 31.2 Å². The normalized spacial score (nSPS) is 20.6. The van der Waals surface area contributed by atoms with E-state index in [1.165, 1.54) is 0 Å². The quantitative estimate of drug-likeness (QED) is 0.289. The van der Waals surface area contributed by atoms with Crippen LogP contribution in [-0.4, -0.2) is 72.1 Å². The van der Waals surface area contributed by atoms with E-state index in [0.29, 0.717) is 44.9 Å². The fourth-order valence-electron chi connectivity index (χ4n) is 5.03. The number of para-hydroxylation sites is 1. The third-order valence-corrected chi connectivity index (χ3v) is 7.39. The minimum atomic E-state index is -0.930. The fourth-order valence-corrected chi connectivity index (χ4v) is 5.03. The van der Waals surface area contributed by atoms with E-state index < -0.39 is 24.0 Å². The molecule has 11 nitrogen and oxygen atoms in total. The first-order chi connectivity index (χ1) is 21.3. The van der Waals surface area contributed by atoms with Gasteiger partial charge in [0.15, 0.2) is 0 Å². The summed E-state index contributed by atoms with van der Waals surface area (Å²) in [6.45, 7) is 6.99. The highest BCUT2D eigenvalue weighted by Gasteiger charge is 2.31. The number of benzene rings is 2. The number of carbonyl (C=O) groups is 3. The van der Waals surface area contributed by atoms with Crippen LogP contribution in [0.5, 0.6) is 5.75 Å². The first-order valence-corrected chi connectivity index (χ1v) is 15.2. The number of nitrogens with zero attached hydrogens (tertiary/aromatic N) is 2. The summed E-state index contributed by atoms with van der Waals surface area (Å²) in [5.74, 6) is -0.225. The molecular weight excluding hydrogens is 558 g/mol. The number of aromatic nitrogens is 2. The zero-order valence-electron chi connectivity index (χ0n) is 25.6. The third-order valence-electron chi connectivity index (χ3n) is 7.39. The van der Waals surface area contributed by atoms with E-state index in [-0.39, 0.29) is 24.3 Å². The number of fused-ring (bicyclic) bond motifs is 1. The van der Waals surface area contributed by atoms with Crippen LogP contribution >= 0.6 is 0 Å². The molecular formula is C33H43N7O4. The van der Waals surface area contributed by atoms with Crippen LogP contribution in [0.15, 0.2) is 67.0 Å². The number of aryl methyl sites for hydroxylation is 2. The summed E-state index contributed by atoms with van der Waals surface area (Å²) in [6.07, 6.45) is 4.99. The first-order valence-electron chi connectivity index (χ1n) is 15.2. The van der Waals surface area contributed by atoms with E-state index in [0.717, 1.165) is 22.4 Å². The molecule has 11 heteroatoms.